The molecule has 3 nitrogen and oxygen atoms in total. The van der Waals surface area contributed by atoms with Gasteiger partial charge in [0.1, 0.15) is 7.11 Å². The molecule has 0 aromatic carbocycles. The highest BCUT2D eigenvalue weighted by Gasteiger charge is 2.38. The van der Waals surface area contributed by atoms with Gasteiger partial charge in [0.15, 0.2) is 0 Å². The molecule has 3 heteroatoms. The van der Waals surface area contributed by atoms with Gasteiger partial charge >= 0.3 is 0 Å². The fraction of sp³-hybridized carbons (Fsp3) is 0.889. The first-order chi connectivity index (χ1) is 5.83. The molecule has 2 aliphatic rings. The molecule has 2 saturated heterocycles. The van der Waals surface area contributed by atoms with Gasteiger partial charge in [-0.05, 0) is 32.7 Å². The molecule has 0 radical (unpaired) electrons. The Morgan fingerprint density at radius 1 is 1.42 bits per heavy atom. The first-order valence-corrected chi connectivity index (χ1v) is 4.65. The molecular weight excluding hydrogens is 152 g/mol. The Bertz CT molecular complexity index is 203. The van der Waals surface area contributed by atoms with Crippen LogP contribution < -0.4 is 0 Å². The standard InChI is InChI=1S/C9H16N2O/c1-11-7-3-5-8(10-12-2)9(11)6-4-7/h7,9H,3-6H2,1-2H3. The van der Waals surface area contributed by atoms with Crippen molar-refractivity contribution in [1.82, 2.24) is 4.90 Å². The van der Waals surface area contributed by atoms with Gasteiger partial charge in [0.25, 0.3) is 0 Å². The summed E-state index contributed by atoms with van der Waals surface area (Å²) in [7, 11) is 3.83. The maximum atomic E-state index is 4.84. The highest BCUT2D eigenvalue weighted by Crippen LogP contribution is 2.32. The Labute approximate surface area is 73.4 Å². The van der Waals surface area contributed by atoms with E-state index in [1.54, 1.807) is 7.11 Å². The van der Waals surface area contributed by atoms with E-state index >= 15 is 0 Å². The van der Waals surface area contributed by atoms with Crippen LogP contribution in [0, 0.1) is 0 Å². The van der Waals surface area contributed by atoms with Crippen molar-refractivity contribution >= 4 is 5.71 Å². The number of hydrogen-bond acceptors (Lipinski definition) is 3. The zero-order valence-corrected chi connectivity index (χ0v) is 7.79. The lowest BCUT2D eigenvalue weighted by atomic mass is 10.0. The Hall–Kier alpha value is -0.570. The molecule has 2 heterocycles. The summed E-state index contributed by atoms with van der Waals surface area (Å²) in [6.07, 6.45) is 5.00. The third kappa shape index (κ3) is 1.12. The summed E-state index contributed by atoms with van der Waals surface area (Å²) in [6, 6.07) is 1.38. The van der Waals surface area contributed by atoms with Gasteiger partial charge in [-0.3, -0.25) is 4.90 Å². The van der Waals surface area contributed by atoms with Gasteiger partial charge in [-0.25, -0.2) is 0 Å². The maximum Gasteiger partial charge on any atom is 0.106 e. The summed E-state index contributed by atoms with van der Waals surface area (Å²) in [5.74, 6) is 0. The second-order valence-electron chi connectivity index (χ2n) is 3.72. The van der Waals surface area contributed by atoms with E-state index < -0.39 is 0 Å². The van der Waals surface area contributed by atoms with Crippen LogP contribution in [-0.4, -0.2) is 36.9 Å². The Kier molecular flexibility index (Phi) is 2.05. The highest BCUT2D eigenvalue weighted by atomic mass is 16.6. The first kappa shape index (κ1) is 8.05. The van der Waals surface area contributed by atoms with Crippen molar-refractivity contribution in [1.29, 1.82) is 0 Å². The summed E-state index contributed by atoms with van der Waals surface area (Å²) in [5, 5.41) is 4.09. The molecule has 2 atom stereocenters. The molecule has 2 rings (SSSR count). The zero-order valence-electron chi connectivity index (χ0n) is 7.79. The van der Waals surface area contributed by atoms with Crippen LogP contribution in [0.5, 0.6) is 0 Å². The first-order valence-electron chi connectivity index (χ1n) is 4.65. The molecule has 68 valence electrons. The van der Waals surface area contributed by atoms with Gasteiger partial charge in [0.2, 0.25) is 0 Å². The van der Waals surface area contributed by atoms with Crippen LogP contribution in [0.25, 0.3) is 0 Å². The maximum absolute atomic E-state index is 4.84. The van der Waals surface area contributed by atoms with Gasteiger partial charge < -0.3 is 4.84 Å². The molecule has 0 aliphatic carbocycles. The van der Waals surface area contributed by atoms with Gasteiger partial charge in [-0.2, -0.15) is 0 Å². The van der Waals surface area contributed by atoms with Crippen LogP contribution in [0.15, 0.2) is 5.16 Å². The van der Waals surface area contributed by atoms with Crippen LogP contribution in [0.4, 0.5) is 0 Å². The minimum absolute atomic E-state index is 0.573. The highest BCUT2D eigenvalue weighted by molar-refractivity contribution is 5.90. The number of nitrogens with zero attached hydrogens (tertiary/aromatic N) is 2. The topological polar surface area (TPSA) is 24.8 Å². The molecule has 0 amide bonds. The van der Waals surface area contributed by atoms with Crippen LogP contribution >= 0.6 is 0 Å². The summed E-state index contributed by atoms with van der Waals surface area (Å²) < 4.78 is 0. The van der Waals surface area contributed by atoms with E-state index in [0.29, 0.717) is 6.04 Å². The number of piperidine rings is 1. The van der Waals surface area contributed by atoms with Crippen LogP contribution in [0.2, 0.25) is 0 Å². The van der Waals surface area contributed by atoms with Gasteiger partial charge in [0.05, 0.1) is 11.8 Å². The summed E-state index contributed by atoms with van der Waals surface area (Å²) in [5.41, 5.74) is 1.24. The average molecular weight is 168 g/mol. The van der Waals surface area contributed by atoms with Crippen molar-refractivity contribution in [3.05, 3.63) is 0 Å². The van der Waals surface area contributed by atoms with E-state index in [1.807, 2.05) is 0 Å². The number of rotatable bonds is 1. The Morgan fingerprint density at radius 3 is 3.00 bits per heavy atom. The lowest BCUT2D eigenvalue weighted by molar-refractivity contribution is 0.196. The molecule has 0 N–H and O–H groups in total. The Morgan fingerprint density at radius 2 is 2.25 bits per heavy atom. The van der Waals surface area contributed by atoms with E-state index in [9.17, 15) is 0 Å². The quantitative estimate of drug-likeness (QED) is 0.550. The third-order valence-corrected chi connectivity index (χ3v) is 3.17. The van der Waals surface area contributed by atoms with E-state index in [2.05, 4.69) is 17.1 Å². The van der Waals surface area contributed by atoms with Crippen molar-refractivity contribution in [3.8, 4) is 0 Å². The lowest BCUT2D eigenvalue weighted by Crippen LogP contribution is -2.42. The molecule has 0 spiro atoms. The average Bonchev–Trinajstić information content (AvgIpc) is 2.33. The molecular formula is C9H16N2O. The summed E-state index contributed by atoms with van der Waals surface area (Å²) in [4.78, 5) is 7.29. The molecule has 12 heavy (non-hydrogen) atoms. The second-order valence-corrected chi connectivity index (χ2v) is 3.72. The normalized spacial score (nSPS) is 39.0. The molecule has 0 aromatic heterocycles. The fourth-order valence-corrected chi connectivity index (χ4v) is 2.47. The molecule has 2 fully saturated rings. The fourth-order valence-electron chi connectivity index (χ4n) is 2.47. The lowest BCUT2D eigenvalue weighted by Gasteiger charge is -2.31. The van der Waals surface area contributed by atoms with E-state index in [0.717, 1.165) is 12.5 Å². The number of hydrogen-bond donors (Lipinski definition) is 0. The largest absolute Gasteiger partial charge is 0.399 e. The van der Waals surface area contributed by atoms with Gasteiger partial charge in [-0.15, -0.1) is 0 Å². The molecule has 0 aromatic rings. The molecule has 2 aliphatic heterocycles. The van der Waals surface area contributed by atoms with E-state index in [-0.39, 0.29) is 0 Å². The van der Waals surface area contributed by atoms with Crippen molar-refractivity contribution in [2.75, 3.05) is 14.2 Å². The van der Waals surface area contributed by atoms with E-state index in [1.165, 1.54) is 25.0 Å². The number of oxime groups is 1. The SMILES string of the molecule is CON=C1CCC2CCC1N2C. The molecule has 2 bridgehead atoms. The second kappa shape index (κ2) is 3.05. The minimum atomic E-state index is 0.573. The minimum Gasteiger partial charge on any atom is -0.399 e. The van der Waals surface area contributed by atoms with Crippen molar-refractivity contribution in [2.24, 2.45) is 5.16 Å². The van der Waals surface area contributed by atoms with Crippen LogP contribution in [-0.2, 0) is 4.84 Å². The Balaban J connectivity index is 2.14. The van der Waals surface area contributed by atoms with Crippen molar-refractivity contribution in [3.63, 3.8) is 0 Å². The smallest absolute Gasteiger partial charge is 0.106 e. The van der Waals surface area contributed by atoms with Crippen molar-refractivity contribution in [2.45, 2.75) is 37.8 Å². The zero-order chi connectivity index (χ0) is 8.55. The van der Waals surface area contributed by atoms with E-state index in [4.69, 9.17) is 4.84 Å². The van der Waals surface area contributed by atoms with Gasteiger partial charge in [-0.1, -0.05) is 5.16 Å². The molecule has 2 unspecified atom stereocenters. The van der Waals surface area contributed by atoms with Crippen LogP contribution in [0.3, 0.4) is 0 Å². The third-order valence-electron chi connectivity index (χ3n) is 3.17. The van der Waals surface area contributed by atoms with Gasteiger partial charge in [0, 0.05) is 6.04 Å². The van der Waals surface area contributed by atoms with Crippen molar-refractivity contribution < 1.29 is 4.84 Å². The summed E-state index contributed by atoms with van der Waals surface area (Å²) in [6.45, 7) is 0. The monoisotopic (exact) mass is 168 g/mol. The van der Waals surface area contributed by atoms with Crippen LogP contribution in [0.1, 0.15) is 25.7 Å². The predicted molar refractivity (Wildman–Crippen MR) is 48.3 cm³/mol. The predicted octanol–water partition coefficient (Wildman–Crippen LogP) is 1.25. The summed E-state index contributed by atoms with van der Waals surface area (Å²) >= 11 is 0. The molecule has 0 saturated carbocycles. The number of fused-ring (bicyclic) bond motifs is 2.